The summed E-state index contributed by atoms with van der Waals surface area (Å²) >= 11 is 0. The van der Waals surface area contributed by atoms with E-state index >= 15 is 0 Å². The normalized spacial score (nSPS) is 41.4. The van der Waals surface area contributed by atoms with Gasteiger partial charge in [-0.25, -0.2) is 0 Å². The lowest BCUT2D eigenvalue weighted by Crippen LogP contribution is -2.70. The van der Waals surface area contributed by atoms with Gasteiger partial charge in [0.15, 0.2) is 5.60 Å². The second-order valence-electron chi connectivity index (χ2n) is 6.06. The van der Waals surface area contributed by atoms with Crippen LogP contribution in [0, 0.1) is 17.8 Å². The van der Waals surface area contributed by atoms with Gasteiger partial charge < -0.3 is 14.2 Å². The van der Waals surface area contributed by atoms with Gasteiger partial charge in [-0.15, -0.1) is 0 Å². The van der Waals surface area contributed by atoms with Crippen molar-refractivity contribution in [2.75, 3.05) is 0 Å². The molecule has 0 aliphatic heterocycles. The molecule has 0 radical (unpaired) electrons. The first-order valence-electron chi connectivity index (χ1n) is 7.06. The quantitative estimate of drug-likeness (QED) is 0.539. The third-order valence-electron chi connectivity index (χ3n) is 5.14. The van der Waals surface area contributed by atoms with E-state index in [1.165, 1.54) is 25.2 Å². The summed E-state index contributed by atoms with van der Waals surface area (Å²) in [5.74, 6) is 0.993. The van der Waals surface area contributed by atoms with Crippen LogP contribution >= 0.6 is 0 Å². The zero-order valence-electron chi connectivity index (χ0n) is 11.3. The van der Waals surface area contributed by atoms with Crippen molar-refractivity contribution in [3.63, 3.8) is 0 Å². The standard InChI is InChI=1S/C16H22O3/c1-4-17-15-10-12-7-13(11-15)9-14(8-12)16(15,18-5-2)19-6-3/h4-6,12-14H,1-3,7-11H2. The summed E-state index contributed by atoms with van der Waals surface area (Å²) in [7, 11) is 0. The summed E-state index contributed by atoms with van der Waals surface area (Å²) < 4.78 is 17.8. The Morgan fingerprint density at radius 2 is 1.32 bits per heavy atom. The van der Waals surface area contributed by atoms with E-state index in [0.717, 1.165) is 25.7 Å². The molecule has 4 saturated carbocycles. The molecule has 0 N–H and O–H groups in total. The average molecular weight is 262 g/mol. The van der Waals surface area contributed by atoms with E-state index in [1.54, 1.807) is 0 Å². The van der Waals surface area contributed by atoms with Crippen molar-refractivity contribution < 1.29 is 14.2 Å². The highest BCUT2D eigenvalue weighted by atomic mass is 16.7. The molecular formula is C16H22O3. The van der Waals surface area contributed by atoms with Gasteiger partial charge in [0.2, 0.25) is 0 Å². The van der Waals surface area contributed by atoms with Crippen LogP contribution in [0.4, 0.5) is 0 Å². The topological polar surface area (TPSA) is 27.7 Å². The zero-order valence-corrected chi connectivity index (χ0v) is 11.3. The fraction of sp³-hybridized carbons (Fsp3) is 0.625. The first-order valence-corrected chi connectivity index (χ1v) is 7.06. The second-order valence-corrected chi connectivity index (χ2v) is 6.06. The Bertz CT molecular complexity index is 377. The maximum absolute atomic E-state index is 5.98. The Labute approximate surface area is 114 Å². The van der Waals surface area contributed by atoms with Crippen molar-refractivity contribution in [2.45, 2.75) is 43.5 Å². The van der Waals surface area contributed by atoms with Crippen molar-refractivity contribution in [3.8, 4) is 0 Å². The zero-order chi connectivity index (χ0) is 13.5. The minimum Gasteiger partial charge on any atom is -0.487 e. The first-order chi connectivity index (χ1) is 9.19. The molecule has 0 heterocycles. The Balaban J connectivity index is 2.05. The number of hydrogen-bond donors (Lipinski definition) is 0. The Kier molecular flexibility index (Phi) is 2.88. The molecule has 19 heavy (non-hydrogen) atoms. The van der Waals surface area contributed by atoms with Crippen LogP contribution < -0.4 is 0 Å². The van der Waals surface area contributed by atoms with Crippen LogP contribution in [0.5, 0.6) is 0 Å². The molecule has 4 fully saturated rings. The first kappa shape index (κ1) is 12.6. The monoisotopic (exact) mass is 262 g/mol. The average Bonchev–Trinajstić information content (AvgIpc) is 2.35. The molecule has 2 atom stereocenters. The lowest BCUT2D eigenvalue weighted by Gasteiger charge is -2.63. The number of ether oxygens (including phenoxy) is 3. The summed E-state index contributed by atoms with van der Waals surface area (Å²) in [5, 5.41) is 0. The summed E-state index contributed by atoms with van der Waals surface area (Å²) in [6, 6.07) is 0. The maximum Gasteiger partial charge on any atom is 0.292 e. The van der Waals surface area contributed by atoms with Crippen molar-refractivity contribution in [2.24, 2.45) is 17.8 Å². The lowest BCUT2D eigenvalue weighted by atomic mass is 9.51. The molecule has 0 spiro atoms. The molecule has 0 saturated heterocycles. The molecule has 2 unspecified atom stereocenters. The fourth-order valence-electron chi connectivity index (χ4n) is 4.90. The molecule has 4 aliphatic rings. The van der Waals surface area contributed by atoms with E-state index in [9.17, 15) is 0 Å². The van der Waals surface area contributed by atoms with Gasteiger partial charge in [0, 0.05) is 5.92 Å². The SMILES string of the molecule is C=COC12CC3CC(CC(C3)C1(OC=C)OC=C)C2. The van der Waals surface area contributed by atoms with E-state index in [0.29, 0.717) is 17.8 Å². The molecular weight excluding hydrogens is 240 g/mol. The molecule has 0 amide bonds. The molecule has 3 heteroatoms. The molecule has 4 rings (SSSR count). The van der Waals surface area contributed by atoms with Gasteiger partial charge >= 0.3 is 0 Å². The summed E-state index contributed by atoms with van der Waals surface area (Å²) in [5.41, 5.74) is -0.439. The van der Waals surface area contributed by atoms with Crippen LogP contribution in [-0.4, -0.2) is 11.4 Å². The van der Waals surface area contributed by atoms with Gasteiger partial charge in [-0.2, -0.15) is 0 Å². The van der Waals surface area contributed by atoms with Crippen LogP contribution in [0.1, 0.15) is 32.1 Å². The third-order valence-corrected chi connectivity index (χ3v) is 5.14. The molecule has 0 aromatic heterocycles. The molecule has 4 aliphatic carbocycles. The molecule has 3 nitrogen and oxygen atoms in total. The van der Waals surface area contributed by atoms with Gasteiger partial charge in [0.05, 0.1) is 18.8 Å². The van der Waals surface area contributed by atoms with Crippen LogP contribution in [0.25, 0.3) is 0 Å². The van der Waals surface area contributed by atoms with E-state index in [4.69, 9.17) is 14.2 Å². The summed E-state index contributed by atoms with van der Waals surface area (Å²) in [6.07, 6.45) is 10.00. The summed E-state index contributed by atoms with van der Waals surface area (Å²) in [4.78, 5) is 0. The second kappa shape index (κ2) is 4.32. The van der Waals surface area contributed by atoms with Crippen molar-refractivity contribution in [1.82, 2.24) is 0 Å². The minimum atomic E-state index is -0.780. The number of hydrogen-bond acceptors (Lipinski definition) is 3. The van der Waals surface area contributed by atoms with E-state index in [1.807, 2.05) is 0 Å². The maximum atomic E-state index is 5.98. The summed E-state index contributed by atoms with van der Waals surface area (Å²) in [6.45, 7) is 11.2. The lowest BCUT2D eigenvalue weighted by molar-refractivity contribution is -0.360. The van der Waals surface area contributed by atoms with Gasteiger partial charge in [-0.1, -0.05) is 19.7 Å². The predicted molar refractivity (Wildman–Crippen MR) is 72.9 cm³/mol. The Morgan fingerprint density at radius 3 is 1.79 bits per heavy atom. The van der Waals surface area contributed by atoms with E-state index < -0.39 is 11.4 Å². The third kappa shape index (κ3) is 1.57. The highest BCUT2D eigenvalue weighted by molar-refractivity contribution is 5.15. The number of rotatable bonds is 6. The van der Waals surface area contributed by atoms with E-state index in [-0.39, 0.29) is 0 Å². The highest BCUT2D eigenvalue weighted by Gasteiger charge is 2.70. The fourth-order valence-corrected chi connectivity index (χ4v) is 4.90. The Morgan fingerprint density at radius 1 is 0.789 bits per heavy atom. The Hall–Kier alpha value is -1.38. The van der Waals surface area contributed by atoms with Crippen LogP contribution in [0.2, 0.25) is 0 Å². The molecule has 4 bridgehead atoms. The smallest absolute Gasteiger partial charge is 0.292 e. The van der Waals surface area contributed by atoms with Crippen molar-refractivity contribution >= 4 is 0 Å². The van der Waals surface area contributed by atoms with Gasteiger partial charge in [-0.3, -0.25) is 0 Å². The largest absolute Gasteiger partial charge is 0.487 e. The van der Waals surface area contributed by atoms with Crippen molar-refractivity contribution in [3.05, 3.63) is 38.5 Å². The molecule has 104 valence electrons. The minimum absolute atomic E-state index is 0.342. The van der Waals surface area contributed by atoms with Crippen LogP contribution in [-0.2, 0) is 14.2 Å². The molecule has 0 aromatic carbocycles. The van der Waals surface area contributed by atoms with Crippen molar-refractivity contribution in [1.29, 1.82) is 0 Å². The predicted octanol–water partition coefficient (Wildman–Crippen LogP) is 3.74. The highest BCUT2D eigenvalue weighted by Crippen LogP contribution is 2.63. The van der Waals surface area contributed by atoms with Crippen LogP contribution in [0.3, 0.4) is 0 Å². The van der Waals surface area contributed by atoms with E-state index in [2.05, 4.69) is 19.7 Å². The van der Waals surface area contributed by atoms with Gasteiger partial charge in [0.25, 0.3) is 5.79 Å². The van der Waals surface area contributed by atoms with Gasteiger partial charge in [-0.05, 0) is 43.9 Å². The van der Waals surface area contributed by atoms with Gasteiger partial charge in [0.1, 0.15) is 0 Å². The van der Waals surface area contributed by atoms with Crippen LogP contribution in [0.15, 0.2) is 38.5 Å². The molecule has 0 aromatic rings.